The average molecular weight is 394 g/mol. The van der Waals surface area contributed by atoms with Gasteiger partial charge in [0, 0.05) is 11.6 Å². The van der Waals surface area contributed by atoms with Crippen LogP contribution in [0.3, 0.4) is 0 Å². The number of thioether (sulfide) groups is 1. The predicted octanol–water partition coefficient (Wildman–Crippen LogP) is 3.49. The maximum Gasteiger partial charge on any atom is 0.233 e. The van der Waals surface area contributed by atoms with Crippen LogP contribution in [0.25, 0.3) is 11.4 Å². The Balaban J connectivity index is 1.67. The molecule has 8 heteroatoms. The van der Waals surface area contributed by atoms with Crippen LogP contribution in [-0.2, 0) is 4.79 Å². The van der Waals surface area contributed by atoms with E-state index in [9.17, 15) is 4.79 Å². The lowest BCUT2D eigenvalue weighted by molar-refractivity contribution is -0.121. The molecule has 2 aromatic rings. The number of nitrogen functional groups attached to an aromatic ring is 1. The van der Waals surface area contributed by atoms with Gasteiger partial charge in [0.25, 0.3) is 0 Å². The van der Waals surface area contributed by atoms with E-state index >= 15 is 0 Å². The van der Waals surface area contributed by atoms with Crippen molar-refractivity contribution in [1.82, 2.24) is 20.2 Å². The summed E-state index contributed by atoms with van der Waals surface area (Å²) in [5.74, 6) is 7.15. The molecule has 3 N–H and O–H groups in total. The van der Waals surface area contributed by atoms with Gasteiger partial charge in [0.15, 0.2) is 5.82 Å². The Morgan fingerprint density at radius 2 is 2.08 bits per heavy atom. The lowest BCUT2D eigenvalue weighted by Gasteiger charge is -2.30. The standard InChI is InChI=1S/C18H24ClN5OS/c1-11-7-3-6-10-15(11)21-17(25)12(2)26-18-23-22-16(24(18)20)13-8-4-5-9-14(13)19/h4-5,8-9,11-12,15H,3,6-7,10,20H2,1-2H3,(H,21,25). The molecule has 6 nitrogen and oxygen atoms in total. The summed E-state index contributed by atoms with van der Waals surface area (Å²) in [6.07, 6.45) is 4.65. The van der Waals surface area contributed by atoms with Gasteiger partial charge in [0.05, 0.1) is 10.3 Å². The zero-order valence-corrected chi connectivity index (χ0v) is 16.6. The van der Waals surface area contributed by atoms with Crippen LogP contribution in [0, 0.1) is 5.92 Å². The minimum Gasteiger partial charge on any atom is -0.352 e. The SMILES string of the molecule is CC(Sc1nnc(-c2ccccc2Cl)n1N)C(=O)NC1CCCCC1C. The Kier molecular flexibility index (Phi) is 6.09. The van der Waals surface area contributed by atoms with E-state index in [2.05, 4.69) is 22.4 Å². The van der Waals surface area contributed by atoms with Crippen molar-refractivity contribution in [2.24, 2.45) is 5.92 Å². The summed E-state index contributed by atoms with van der Waals surface area (Å²) in [5, 5.41) is 12.2. The molecule has 1 heterocycles. The highest BCUT2D eigenvalue weighted by Gasteiger charge is 2.26. The molecule has 3 atom stereocenters. The molecule has 0 radical (unpaired) electrons. The maximum absolute atomic E-state index is 12.6. The molecular formula is C18H24ClN5OS. The molecule has 1 fully saturated rings. The van der Waals surface area contributed by atoms with Crippen molar-refractivity contribution in [3.63, 3.8) is 0 Å². The second kappa shape index (κ2) is 8.31. The van der Waals surface area contributed by atoms with Gasteiger partial charge in [-0.1, -0.05) is 55.3 Å². The highest BCUT2D eigenvalue weighted by atomic mass is 35.5. The Hall–Kier alpha value is -1.73. The Morgan fingerprint density at radius 3 is 2.81 bits per heavy atom. The molecule has 3 unspecified atom stereocenters. The van der Waals surface area contributed by atoms with Crippen molar-refractivity contribution < 1.29 is 4.79 Å². The minimum atomic E-state index is -0.310. The van der Waals surface area contributed by atoms with E-state index in [1.807, 2.05) is 25.1 Å². The smallest absolute Gasteiger partial charge is 0.233 e. The van der Waals surface area contributed by atoms with E-state index < -0.39 is 0 Å². The summed E-state index contributed by atoms with van der Waals surface area (Å²) in [6.45, 7) is 4.06. The number of nitrogens with zero attached hydrogens (tertiary/aromatic N) is 3. The van der Waals surface area contributed by atoms with E-state index in [1.165, 1.54) is 35.7 Å². The van der Waals surface area contributed by atoms with Crippen LogP contribution in [-0.4, -0.2) is 32.1 Å². The normalized spacial score (nSPS) is 21.3. The van der Waals surface area contributed by atoms with E-state index in [0.29, 0.717) is 27.5 Å². The molecule has 1 aliphatic carbocycles. The molecule has 0 spiro atoms. The third-order valence-electron chi connectivity index (χ3n) is 4.87. The zero-order chi connectivity index (χ0) is 18.7. The Morgan fingerprint density at radius 1 is 1.35 bits per heavy atom. The third kappa shape index (κ3) is 4.15. The van der Waals surface area contributed by atoms with Crippen LogP contribution in [0.4, 0.5) is 0 Å². The van der Waals surface area contributed by atoms with Gasteiger partial charge in [-0.15, -0.1) is 10.2 Å². The third-order valence-corrected chi connectivity index (χ3v) is 6.26. The maximum atomic E-state index is 12.6. The van der Waals surface area contributed by atoms with Gasteiger partial charge < -0.3 is 11.2 Å². The molecule has 1 aromatic heterocycles. The van der Waals surface area contributed by atoms with Crippen LogP contribution in [0.1, 0.15) is 39.5 Å². The molecule has 1 aromatic carbocycles. The number of amides is 1. The predicted molar refractivity (Wildman–Crippen MR) is 106 cm³/mol. The number of halogens is 1. The topological polar surface area (TPSA) is 85.8 Å². The first-order chi connectivity index (χ1) is 12.5. The average Bonchev–Trinajstić information content (AvgIpc) is 2.98. The van der Waals surface area contributed by atoms with Gasteiger partial charge in [-0.05, 0) is 37.8 Å². The van der Waals surface area contributed by atoms with Gasteiger partial charge in [0.1, 0.15) is 0 Å². The summed E-state index contributed by atoms with van der Waals surface area (Å²) < 4.78 is 1.39. The summed E-state index contributed by atoms with van der Waals surface area (Å²) in [7, 11) is 0. The lowest BCUT2D eigenvalue weighted by Crippen LogP contribution is -2.44. The summed E-state index contributed by atoms with van der Waals surface area (Å²) >= 11 is 7.51. The van der Waals surface area contributed by atoms with E-state index in [4.69, 9.17) is 17.4 Å². The van der Waals surface area contributed by atoms with Crippen molar-refractivity contribution >= 4 is 29.3 Å². The van der Waals surface area contributed by atoms with Crippen LogP contribution >= 0.6 is 23.4 Å². The quantitative estimate of drug-likeness (QED) is 0.599. The van der Waals surface area contributed by atoms with E-state index in [-0.39, 0.29) is 17.2 Å². The first-order valence-corrected chi connectivity index (χ1v) is 10.2. The molecule has 3 rings (SSSR count). The number of aromatic nitrogens is 3. The van der Waals surface area contributed by atoms with E-state index in [0.717, 1.165) is 6.42 Å². The second-order valence-electron chi connectivity index (χ2n) is 6.79. The number of benzene rings is 1. The molecule has 1 amide bonds. The van der Waals surface area contributed by atoms with Crippen molar-refractivity contribution in [3.05, 3.63) is 29.3 Å². The number of carbonyl (C=O) groups is 1. The summed E-state index contributed by atoms with van der Waals surface area (Å²) in [4.78, 5) is 12.6. The number of rotatable bonds is 5. The summed E-state index contributed by atoms with van der Waals surface area (Å²) in [5.41, 5.74) is 0.712. The van der Waals surface area contributed by atoms with E-state index in [1.54, 1.807) is 6.07 Å². The van der Waals surface area contributed by atoms with Gasteiger partial charge in [-0.3, -0.25) is 4.79 Å². The van der Waals surface area contributed by atoms with Crippen molar-refractivity contribution in [2.45, 2.75) is 56.0 Å². The Bertz CT molecular complexity index is 781. The van der Waals surface area contributed by atoms with Crippen molar-refractivity contribution in [1.29, 1.82) is 0 Å². The molecule has 26 heavy (non-hydrogen) atoms. The lowest BCUT2D eigenvalue weighted by atomic mass is 9.86. The molecule has 0 saturated heterocycles. The molecule has 140 valence electrons. The fourth-order valence-corrected chi connectivity index (χ4v) is 4.23. The monoisotopic (exact) mass is 393 g/mol. The fraction of sp³-hybridized carbons (Fsp3) is 0.500. The highest BCUT2D eigenvalue weighted by molar-refractivity contribution is 8.00. The highest BCUT2D eigenvalue weighted by Crippen LogP contribution is 2.29. The van der Waals surface area contributed by atoms with Gasteiger partial charge in [-0.2, -0.15) is 0 Å². The van der Waals surface area contributed by atoms with Crippen LogP contribution < -0.4 is 11.2 Å². The molecular weight excluding hydrogens is 370 g/mol. The Labute approximate surface area is 162 Å². The molecule has 1 saturated carbocycles. The number of hydrogen-bond donors (Lipinski definition) is 2. The van der Waals surface area contributed by atoms with Crippen LogP contribution in [0.2, 0.25) is 5.02 Å². The van der Waals surface area contributed by atoms with Crippen LogP contribution in [0.5, 0.6) is 0 Å². The van der Waals surface area contributed by atoms with Gasteiger partial charge in [0.2, 0.25) is 11.1 Å². The number of nitrogens with one attached hydrogen (secondary N) is 1. The number of carbonyl (C=O) groups excluding carboxylic acids is 1. The zero-order valence-electron chi connectivity index (χ0n) is 15.0. The van der Waals surface area contributed by atoms with Crippen LogP contribution in [0.15, 0.2) is 29.4 Å². The molecule has 1 aliphatic rings. The first-order valence-electron chi connectivity index (χ1n) is 8.89. The number of nitrogens with two attached hydrogens (primary N) is 1. The largest absolute Gasteiger partial charge is 0.352 e. The van der Waals surface area contributed by atoms with Gasteiger partial charge in [-0.25, -0.2) is 4.68 Å². The number of hydrogen-bond acceptors (Lipinski definition) is 5. The summed E-state index contributed by atoms with van der Waals surface area (Å²) in [6, 6.07) is 7.58. The second-order valence-corrected chi connectivity index (χ2v) is 8.51. The van der Waals surface area contributed by atoms with Crippen molar-refractivity contribution in [3.8, 4) is 11.4 Å². The van der Waals surface area contributed by atoms with Gasteiger partial charge >= 0.3 is 0 Å². The fourth-order valence-electron chi connectivity index (χ4n) is 3.23. The van der Waals surface area contributed by atoms with Crippen molar-refractivity contribution in [2.75, 3.05) is 5.84 Å². The molecule has 0 bridgehead atoms. The first kappa shape index (κ1) is 19.0. The minimum absolute atomic E-state index is 0.0102. The molecule has 0 aliphatic heterocycles.